The van der Waals surface area contributed by atoms with Gasteiger partial charge in [0.25, 0.3) is 0 Å². The molecule has 300 valence electrons. The van der Waals surface area contributed by atoms with Crippen molar-refractivity contribution in [3.63, 3.8) is 0 Å². The number of carbonyl (C=O) groups is 6. The van der Waals surface area contributed by atoms with Crippen molar-refractivity contribution in [2.24, 2.45) is 11.7 Å². The summed E-state index contributed by atoms with van der Waals surface area (Å²) >= 11 is 0. The molecule has 0 unspecified atom stereocenters. The molecule has 1 aliphatic rings. The van der Waals surface area contributed by atoms with Crippen molar-refractivity contribution in [1.29, 1.82) is 0 Å². The molecule has 0 spiro atoms. The zero-order valence-electron chi connectivity index (χ0n) is 31.6. The second kappa shape index (κ2) is 23.2. The lowest BCUT2D eigenvalue weighted by Gasteiger charge is -2.28. The molecule has 1 heterocycles. The zero-order chi connectivity index (χ0) is 40.1. The SMILES string of the molecule is C=CC(=O)NCc1cccc(C[C@H](NC(=O)Cc2ccccc2CNC(=O)[C@H](Cc2ccco2)NC(=O)C2CCC(NC=O)CC2)C(=O)NCCOCCN)c1. The molecule has 0 aliphatic heterocycles. The first kappa shape index (κ1) is 42.9. The highest BCUT2D eigenvalue weighted by atomic mass is 16.5. The van der Waals surface area contributed by atoms with Gasteiger partial charge in [0.1, 0.15) is 17.8 Å². The summed E-state index contributed by atoms with van der Waals surface area (Å²) in [5.41, 5.74) is 8.40. The Morgan fingerprint density at radius 3 is 2.27 bits per heavy atom. The van der Waals surface area contributed by atoms with Crippen LogP contribution in [0.5, 0.6) is 0 Å². The average Bonchev–Trinajstić information content (AvgIpc) is 3.72. The molecule has 15 heteroatoms. The lowest BCUT2D eigenvalue weighted by Crippen LogP contribution is -2.50. The van der Waals surface area contributed by atoms with Crippen LogP contribution in [0.25, 0.3) is 0 Å². The predicted molar refractivity (Wildman–Crippen MR) is 208 cm³/mol. The van der Waals surface area contributed by atoms with Crippen LogP contribution in [0.3, 0.4) is 0 Å². The second-order valence-electron chi connectivity index (χ2n) is 13.6. The van der Waals surface area contributed by atoms with Gasteiger partial charge in [-0.2, -0.15) is 0 Å². The van der Waals surface area contributed by atoms with Gasteiger partial charge in [-0.3, -0.25) is 28.8 Å². The van der Waals surface area contributed by atoms with Crippen molar-refractivity contribution in [1.82, 2.24) is 31.9 Å². The first-order chi connectivity index (χ1) is 27.2. The lowest BCUT2D eigenvalue weighted by molar-refractivity contribution is -0.132. The van der Waals surface area contributed by atoms with Crippen molar-refractivity contribution < 1.29 is 37.9 Å². The summed E-state index contributed by atoms with van der Waals surface area (Å²) in [6.07, 6.45) is 6.16. The van der Waals surface area contributed by atoms with Crippen LogP contribution in [0.4, 0.5) is 0 Å². The third-order valence-electron chi connectivity index (χ3n) is 9.49. The molecule has 8 N–H and O–H groups in total. The summed E-state index contributed by atoms with van der Waals surface area (Å²) in [6.45, 7) is 5.01. The van der Waals surface area contributed by atoms with E-state index < -0.39 is 29.8 Å². The summed E-state index contributed by atoms with van der Waals surface area (Å²) in [5.74, 6) is -1.49. The van der Waals surface area contributed by atoms with Crippen molar-refractivity contribution in [3.8, 4) is 0 Å². The highest BCUT2D eigenvalue weighted by Gasteiger charge is 2.30. The molecule has 2 aromatic carbocycles. The van der Waals surface area contributed by atoms with Crippen molar-refractivity contribution in [2.45, 2.75) is 76.2 Å². The molecule has 6 amide bonds. The quantitative estimate of drug-likeness (QED) is 0.0416. The molecule has 1 aromatic heterocycles. The van der Waals surface area contributed by atoms with Crippen LogP contribution in [0.15, 0.2) is 84.0 Å². The van der Waals surface area contributed by atoms with Crippen LogP contribution in [-0.4, -0.2) is 80.4 Å². The highest BCUT2D eigenvalue weighted by Crippen LogP contribution is 2.24. The number of amides is 6. The number of ether oxygens (including phenoxy) is 1. The van der Waals surface area contributed by atoms with E-state index in [0.717, 1.165) is 11.1 Å². The summed E-state index contributed by atoms with van der Waals surface area (Å²) < 4.78 is 10.9. The Labute approximate surface area is 326 Å². The van der Waals surface area contributed by atoms with Gasteiger partial charge in [0, 0.05) is 51.0 Å². The molecule has 4 rings (SSSR count). The lowest BCUT2D eigenvalue weighted by atomic mass is 9.85. The van der Waals surface area contributed by atoms with Crippen LogP contribution >= 0.6 is 0 Å². The van der Waals surface area contributed by atoms with E-state index in [4.69, 9.17) is 14.9 Å². The maximum absolute atomic E-state index is 13.6. The molecule has 1 fully saturated rings. The average molecular weight is 772 g/mol. The van der Waals surface area contributed by atoms with E-state index >= 15 is 0 Å². The summed E-state index contributed by atoms with van der Waals surface area (Å²) in [6, 6.07) is 16.2. The fraction of sp³-hybridized carbons (Fsp3) is 0.415. The number of carbonyl (C=O) groups excluding carboxylic acids is 6. The third-order valence-corrected chi connectivity index (χ3v) is 9.49. The Balaban J connectivity index is 1.40. The number of hydrogen-bond acceptors (Lipinski definition) is 9. The van der Waals surface area contributed by atoms with Gasteiger partial charge in [0.2, 0.25) is 35.9 Å². The van der Waals surface area contributed by atoms with E-state index in [0.29, 0.717) is 62.1 Å². The monoisotopic (exact) mass is 771 g/mol. The molecule has 0 saturated heterocycles. The molecule has 1 saturated carbocycles. The predicted octanol–water partition coefficient (Wildman–Crippen LogP) is 1.09. The van der Waals surface area contributed by atoms with Crippen molar-refractivity contribution in [3.05, 3.63) is 108 Å². The fourth-order valence-electron chi connectivity index (χ4n) is 6.50. The Morgan fingerprint density at radius 2 is 1.55 bits per heavy atom. The number of nitrogens with two attached hydrogens (primary N) is 1. The molecule has 0 bridgehead atoms. The van der Waals surface area contributed by atoms with Gasteiger partial charge in [-0.25, -0.2) is 0 Å². The maximum Gasteiger partial charge on any atom is 0.243 e. The summed E-state index contributed by atoms with van der Waals surface area (Å²) in [4.78, 5) is 76.3. The molecule has 1 aliphatic carbocycles. The highest BCUT2D eigenvalue weighted by molar-refractivity contribution is 5.90. The van der Waals surface area contributed by atoms with Gasteiger partial charge >= 0.3 is 0 Å². The number of nitrogens with one attached hydrogen (secondary N) is 6. The zero-order valence-corrected chi connectivity index (χ0v) is 31.6. The van der Waals surface area contributed by atoms with Crippen LogP contribution in [0, 0.1) is 5.92 Å². The van der Waals surface area contributed by atoms with Crippen LogP contribution < -0.4 is 37.6 Å². The van der Waals surface area contributed by atoms with Crippen molar-refractivity contribution >= 4 is 35.9 Å². The van der Waals surface area contributed by atoms with E-state index in [-0.39, 0.29) is 69.3 Å². The number of benzene rings is 2. The third kappa shape index (κ3) is 14.5. The van der Waals surface area contributed by atoms with E-state index in [2.05, 4.69) is 38.5 Å². The maximum atomic E-state index is 13.6. The topological polar surface area (TPSA) is 223 Å². The smallest absolute Gasteiger partial charge is 0.243 e. The van der Waals surface area contributed by atoms with Crippen LogP contribution in [0.2, 0.25) is 0 Å². The van der Waals surface area contributed by atoms with E-state index in [9.17, 15) is 28.8 Å². The molecule has 3 aromatic rings. The molecular formula is C41H53N7O8. The van der Waals surface area contributed by atoms with Crippen molar-refractivity contribution in [2.75, 3.05) is 26.3 Å². The Morgan fingerprint density at radius 1 is 0.821 bits per heavy atom. The van der Waals surface area contributed by atoms with Gasteiger partial charge in [-0.1, -0.05) is 55.1 Å². The second-order valence-corrected chi connectivity index (χ2v) is 13.6. The van der Waals surface area contributed by atoms with Gasteiger partial charge in [-0.05, 0) is 66.1 Å². The Bertz CT molecular complexity index is 1760. The van der Waals surface area contributed by atoms with Crippen LogP contribution in [-0.2, 0) is 65.9 Å². The van der Waals surface area contributed by atoms with Gasteiger partial charge in [-0.15, -0.1) is 0 Å². The van der Waals surface area contributed by atoms with Gasteiger partial charge in [0.15, 0.2) is 0 Å². The first-order valence-electron chi connectivity index (χ1n) is 18.9. The minimum absolute atomic E-state index is 0.0388. The van der Waals surface area contributed by atoms with E-state index in [1.807, 2.05) is 24.3 Å². The minimum atomic E-state index is -0.927. The number of furan rings is 1. The summed E-state index contributed by atoms with van der Waals surface area (Å²) in [7, 11) is 0. The fourth-order valence-corrected chi connectivity index (χ4v) is 6.50. The first-order valence-corrected chi connectivity index (χ1v) is 18.9. The Hall–Kier alpha value is -5.80. The molecule has 56 heavy (non-hydrogen) atoms. The van der Waals surface area contributed by atoms with E-state index in [1.54, 1.807) is 36.4 Å². The number of rotatable bonds is 23. The standard InChI is InChI=1S/C41H53N7O8/c1-2-37(50)44-25-29-8-5-7-28(21-29)22-35(40(53)43-17-20-55-19-16-42)47-38(51)23-31-9-3-4-10-32(31)26-45-41(54)36(24-34-11-6-18-56-34)48-39(52)30-12-14-33(15-13-30)46-27-49/h2-11,18,21,27,30,33,35-36H,1,12-17,19-20,22-26,42H2,(H,43,53)(H,44,50)(H,45,54)(H,46,49)(H,47,51)(H,48,52)/t30?,33?,35-,36-/m0/s1. The molecule has 15 nitrogen and oxygen atoms in total. The Kier molecular flexibility index (Phi) is 17.8. The van der Waals surface area contributed by atoms with Crippen LogP contribution in [0.1, 0.15) is 53.7 Å². The molecule has 0 radical (unpaired) electrons. The minimum Gasteiger partial charge on any atom is -0.469 e. The molecule has 2 atom stereocenters. The number of hydrogen-bond donors (Lipinski definition) is 7. The molecular weight excluding hydrogens is 718 g/mol. The van der Waals surface area contributed by atoms with E-state index in [1.165, 1.54) is 12.3 Å². The largest absolute Gasteiger partial charge is 0.469 e. The van der Waals surface area contributed by atoms with Gasteiger partial charge < -0.3 is 46.8 Å². The van der Waals surface area contributed by atoms with Gasteiger partial charge in [0.05, 0.1) is 25.9 Å². The normalized spacial score (nSPS) is 16.0. The summed E-state index contributed by atoms with van der Waals surface area (Å²) in [5, 5.41) is 17.0.